The quantitative estimate of drug-likeness (QED) is 0.690. The standard InChI is InChI=1S/C20H18ClFN4O2/c21-17-12-14(22)6-9-16(17)19(27)23-10-11-25-20(28)26(15-7-8-15)18(24-25)13-4-2-1-3-5-13/h1-6,9,12,15H,7-8,10-11H2,(H,23,27). The monoisotopic (exact) mass is 400 g/mol. The molecule has 4 rings (SSSR count). The van der Waals surface area contributed by atoms with Gasteiger partial charge in [-0.05, 0) is 31.0 Å². The van der Waals surface area contributed by atoms with E-state index in [2.05, 4.69) is 10.4 Å². The molecule has 1 aromatic heterocycles. The number of rotatable bonds is 6. The molecule has 1 heterocycles. The van der Waals surface area contributed by atoms with Crippen molar-refractivity contribution in [3.8, 4) is 11.4 Å². The number of carbonyl (C=O) groups excluding carboxylic acids is 1. The predicted molar refractivity (Wildman–Crippen MR) is 104 cm³/mol. The molecule has 0 aliphatic heterocycles. The fourth-order valence-corrected chi connectivity index (χ4v) is 3.31. The second-order valence-corrected chi connectivity index (χ2v) is 7.08. The second-order valence-electron chi connectivity index (χ2n) is 6.68. The van der Waals surface area contributed by atoms with Crippen molar-refractivity contribution in [3.05, 3.63) is 75.4 Å². The number of hydrogen-bond donors (Lipinski definition) is 1. The van der Waals surface area contributed by atoms with Crippen molar-refractivity contribution in [2.24, 2.45) is 0 Å². The summed E-state index contributed by atoms with van der Waals surface area (Å²) in [6.45, 7) is 0.422. The number of hydrogen-bond acceptors (Lipinski definition) is 3. The maximum Gasteiger partial charge on any atom is 0.346 e. The summed E-state index contributed by atoms with van der Waals surface area (Å²) in [6.07, 6.45) is 1.93. The molecule has 8 heteroatoms. The molecule has 0 saturated heterocycles. The maximum absolute atomic E-state index is 13.1. The lowest BCUT2D eigenvalue weighted by molar-refractivity contribution is 0.0952. The van der Waals surface area contributed by atoms with E-state index in [1.54, 1.807) is 4.57 Å². The molecule has 1 aliphatic carbocycles. The van der Waals surface area contributed by atoms with E-state index in [0.29, 0.717) is 5.82 Å². The van der Waals surface area contributed by atoms with Gasteiger partial charge >= 0.3 is 5.69 Å². The van der Waals surface area contributed by atoms with Crippen molar-refractivity contribution >= 4 is 17.5 Å². The van der Waals surface area contributed by atoms with Crippen LogP contribution in [0.2, 0.25) is 5.02 Å². The van der Waals surface area contributed by atoms with E-state index in [1.807, 2.05) is 30.3 Å². The summed E-state index contributed by atoms with van der Waals surface area (Å²) in [5.41, 5.74) is 0.881. The molecule has 3 aromatic rings. The van der Waals surface area contributed by atoms with Crippen LogP contribution in [0.15, 0.2) is 53.3 Å². The second kappa shape index (κ2) is 7.59. The lowest BCUT2D eigenvalue weighted by atomic mass is 10.2. The highest BCUT2D eigenvalue weighted by molar-refractivity contribution is 6.33. The third-order valence-corrected chi connectivity index (χ3v) is 4.91. The number of carbonyl (C=O) groups is 1. The Morgan fingerprint density at radius 1 is 1.21 bits per heavy atom. The summed E-state index contributed by atoms with van der Waals surface area (Å²) in [5, 5.41) is 7.21. The third-order valence-electron chi connectivity index (χ3n) is 4.60. The molecule has 1 fully saturated rings. The van der Waals surface area contributed by atoms with Gasteiger partial charge in [0, 0.05) is 18.2 Å². The number of nitrogens with one attached hydrogen (secondary N) is 1. The molecule has 1 amide bonds. The van der Waals surface area contributed by atoms with E-state index >= 15 is 0 Å². The first-order valence-electron chi connectivity index (χ1n) is 9.02. The Bertz CT molecular complexity index is 1070. The summed E-state index contributed by atoms with van der Waals surface area (Å²) in [4.78, 5) is 25.0. The van der Waals surface area contributed by atoms with Crippen LogP contribution in [0.3, 0.4) is 0 Å². The van der Waals surface area contributed by atoms with Crippen LogP contribution in [0.4, 0.5) is 4.39 Å². The number of nitrogens with zero attached hydrogens (tertiary/aromatic N) is 3. The average molecular weight is 401 g/mol. The highest BCUT2D eigenvalue weighted by Crippen LogP contribution is 2.36. The molecule has 6 nitrogen and oxygen atoms in total. The van der Waals surface area contributed by atoms with Gasteiger partial charge in [-0.2, -0.15) is 0 Å². The zero-order chi connectivity index (χ0) is 19.7. The van der Waals surface area contributed by atoms with Crippen molar-refractivity contribution in [1.29, 1.82) is 0 Å². The highest BCUT2D eigenvalue weighted by Gasteiger charge is 2.30. The van der Waals surface area contributed by atoms with E-state index in [4.69, 9.17) is 11.6 Å². The molecule has 0 spiro atoms. The molecule has 0 atom stereocenters. The first-order valence-corrected chi connectivity index (χ1v) is 9.40. The lowest BCUT2D eigenvalue weighted by Gasteiger charge is -2.06. The minimum atomic E-state index is -0.507. The average Bonchev–Trinajstić information content (AvgIpc) is 3.46. The van der Waals surface area contributed by atoms with Gasteiger partial charge in [-0.3, -0.25) is 9.36 Å². The number of halogens is 2. The molecule has 0 unspecified atom stereocenters. The smallest absolute Gasteiger partial charge is 0.346 e. The largest absolute Gasteiger partial charge is 0.350 e. The van der Waals surface area contributed by atoms with E-state index < -0.39 is 11.7 Å². The Labute approximate surface area is 165 Å². The van der Waals surface area contributed by atoms with Crippen molar-refractivity contribution in [1.82, 2.24) is 19.7 Å². The molecular formula is C20H18ClFN4O2. The zero-order valence-electron chi connectivity index (χ0n) is 14.9. The molecular weight excluding hydrogens is 383 g/mol. The molecule has 1 saturated carbocycles. The predicted octanol–water partition coefficient (Wildman–Crippen LogP) is 3.27. The van der Waals surface area contributed by atoms with Gasteiger partial charge in [0.25, 0.3) is 5.91 Å². The highest BCUT2D eigenvalue weighted by atomic mass is 35.5. The first kappa shape index (κ1) is 18.4. The Morgan fingerprint density at radius 3 is 2.64 bits per heavy atom. The van der Waals surface area contributed by atoms with E-state index in [0.717, 1.165) is 24.5 Å². The molecule has 1 N–H and O–H groups in total. The van der Waals surface area contributed by atoms with Crippen LogP contribution in [0, 0.1) is 5.82 Å². The van der Waals surface area contributed by atoms with Crippen LogP contribution >= 0.6 is 11.6 Å². The molecule has 0 bridgehead atoms. The van der Waals surface area contributed by atoms with Gasteiger partial charge in [0.2, 0.25) is 0 Å². The van der Waals surface area contributed by atoms with Crippen LogP contribution in [0.1, 0.15) is 29.2 Å². The Kier molecular flexibility index (Phi) is 5.00. The maximum atomic E-state index is 13.1. The number of aromatic nitrogens is 3. The molecule has 2 aromatic carbocycles. The summed E-state index contributed by atoms with van der Waals surface area (Å²) in [6, 6.07) is 13.3. The van der Waals surface area contributed by atoms with E-state index in [9.17, 15) is 14.0 Å². The van der Waals surface area contributed by atoms with Gasteiger partial charge in [0.1, 0.15) is 5.82 Å². The van der Waals surface area contributed by atoms with Gasteiger partial charge < -0.3 is 5.32 Å². The first-order chi connectivity index (χ1) is 13.5. The van der Waals surface area contributed by atoms with Crippen molar-refractivity contribution < 1.29 is 9.18 Å². The minimum Gasteiger partial charge on any atom is -0.350 e. The Balaban J connectivity index is 1.50. The minimum absolute atomic E-state index is 0.0408. The van der Waals surface area contributed by atoms with Gasteiger partial charge in [-0.1, -0.05) is 41.9 Å². The van der Waals surface area contributed by atoms with Crippen molar-refractivity contribution in [2.75, 3.05) is 6.54 Å². The van der Waals surface area contributed by atoms with Gasteiger partial charge in [-0.25, -0.2) is 13.9 Å². The molecule has 144 valence electrons. The molecule has 28 heavy (non-hydrogen) atoms. The summed E-state index contributed by atoms with van der Waals surface area (Å²) in [7, 11) is 0. The van der Waals surface area contributed by atoms with Gasteiger partial charge in [0.05, 0.1) is 17.1 Å². The number of amides is 1. The fraction of sp³-hybridized carbons (Fsp3) is 0.250. The summed E-state index contributed by atoms with van der Waals surface area (Å²) < 4.78 is 16.2. The Morgan fingerprint density at radius 2 is 1.96 bits per heavy atom. The zero-order valence-corrected chi connectivity index (χ0v) is 15.7. The van der Waals surface area contributed by atoms with Crippen LogP contribution in [-0.4, -0.2) is 26.8 Å². The van der Waals surface area contributed by atoms with E-state index in [1.165, 1.54) is 16.8 Å². The van der Waals surface area contributed by atoms with Crippen LogP contribution < -0.4 is 11.0 Å². The van der Waals surface area contributed by atoms with Crippen molar-refractivity contribution in [2.45, 2.75) is 25.4 Å². The molecule has 1 aliphatic rings. The van der Waals surface area contributed by atoms with Crippen LogP contribution in [0.25, 0.3) is 11.4 Å². The summed E-state index contributed by atoms with van der Waals surface area (Å²) in [5.74, 6) is -0.295. The normalized spacial score (nSPS) is 13.5. The topological polar surface area (TPSA) is 68.9 Å². The third kappa shape index (κ3) is 3.71. The van der Waals surface area contributed by atoms with E-state index in [-0.39, 0.29) is 35.4 Å². The van der Waals surface area contributed by atoms with Gasteiger partial charge in [-0.15, -0.1) is 5.10 Å². The fourth-order valence-electron chi connectivity index (χ4n) is 3.06. The summed E-state index contributed by atoms with van der Waals surface area (Å²) >= 11 is 5.91. The molecule has 0 radical (unpaired) electrons. The number of benzene rings is 2. The Hall–Kier alpha value is -2.93. The SMILES string of the molecule is O=C(NCCn1nc(-c2ccccc2)n(C2CC2)c1=O)c1ccc(F)cc1Cl. The van der Waals surface area contributed by atoms with Crippen LogP contribution in [-0.2, 0) is 6.54 Å². The van der Waals surface area contributed by atoms with Gasteiger partial charge in [0.15, 0.2) is 5.82 Å². The lowest BCUT2D eigenvalue weighted by Crippen LogP contribution is -2.32. The van der Waals surface area contributed by atoms with Crippen LogP contribution in [0.5, 0.6) is 0 Å². The van der Waals surface area contributed by atoms with Crippen molar-refractivity contribution in [3.63, 3.8) is 0 Å².